The second-order valence-corrected chi connectivity index (χ2v) is 4.52. The van der Waals surface area contributed by atoms with Crippen LogP contribution in [0.1, 0.15) is 12.0 Å². The topological polar surface area (TPSA) is 0 Å². The van der Waals surface area contributed by atoms with Crippen LogP contribution in [0.25, 0.3) is 0 Å². The Kier molecular flexibility index (Phi) is 4.92. The van der Waals surface area contributed by atoms with Crippen LogP contribution in [0.15, 0.2) is 23.1 Å². The van der Waals surface area contributed by atoms with E-state index in [0.717, 1.165) is 6.07 Å². The lowest BCUT2D eigenvalue weighted by molar-refractivity contribution is -0.0329. The first-order chi connectivity index (χ1) is 7.44. The van der Waals surface area contributed by atoms with E-state index in [2.05, 4.69) is 0 Å². The Bertz CT molecular complexity index is 351. The molecule has 0 fully saturated rings. The Hall–Kier alpha value is -0.420. The minimum atomic E-state index is -4.47. The van der Waals surface area contributed by atoms with Gasteiger partial charge >= 0.3 is 5.51 Å². The second-order valence-electron chi connectivity index (χ2n) is 3.07. The van der Waals surface area contributed by atoms with E-state index >= 15 is 0 Å². The van der Waals surface area contributed by atoms with Crippen LogP contribution in [0.4, 0.5) is 17.6 Å². The second kappa shape index (κ2) is 5.77. The highest BCUT2D eigenvalue weighted by Gasteiger charge is 2.31. The predicted octanol–water partition coefficient (Wildman–Crippen LogP) is 4.61. The van der Waals surface area contributed by atoms with Crippen LogP contribution >= 0.6 is 23.4 Å². The van der Waals surface area contributed by atoms with Gasteiger partial charge in [0.1, 0.15) is 5.82 Å². The molecule has 0 heterocycles. The molecule has 0 radical (unpaired) electrons. The minimum Gasteiger partial charge on any atom is -0.206 e. The van der Waals surface area contributed by atoms with Crippen LogP contribution in [0.3, 0.4) is 0 Å². The summed E-state index contributed by atoms with van der Waals surface area (Å²) in [4.78, 5) is -0.347. The Labute approximate surface area is 100.0 Å². The third-order valence-corrected chi connectivity index (χ3v) is 3.01. The number of benzene rings is 1. The molecule has 0 spiro atoms. The molecule has 90 valence electrons. The van der Waals surface area contributed by atoms with Gasteiger partial charge in [-0.05, 0) is 36.2 Å². The third-order valence-electron chi connectivity index (χ3n) is 1.85. The van der Waals surface area contributed by atoms with Crippen LogP contribution < -0.4 is 0 Å². The van der Waals surface area contributed by atoms with Gasteiger partial charge in [0.25, 0.3) is 0 Å². The highest BCUT2D eigenvalue weighted by atomic mass is 35.5. The van der Waals surface area contributed by atoms with Crippen molar-refractivity contribution in [2.75, 3.05) is 5.88 Å². The van der Waals surface area contributed by atoms with Crippen molar-refractivity contribution in [3.8, 4) is 0 Å². The van der Waals surface area contributed by atoms with Crippen LogP contribution in [0.2, 0.25) is 0 Å². The van der Waals surface area contributed by atoms with Gasteiger partial charge in [0.05, 0.1) is 4.90 Å². The normalized spacial score (nSPS) is 11.8. The van der Waals surface area contributed by atoms with Crippen molar-refractivity contribution in [2.45, 2.75) is 23.2 Å². The molecule has 16 heavy (non-hydrogen) atoms. The van der Waals surface area contributed by atoms with Crippen LogP contribution in [0.5, 0.6) is 0 Å². The zero-order chi connectivity index (χ0) is 12.2. The Balaban J connectivity index is 2.94. The summed E-state index contributed by atoms with van der Waals surface area (Å²) in [6.07, 6.45) is 0.871. The summed E-state index contributed by atoms with van der Waals surface area (Å²) in [5.74, 6) is -0.499. The maximum atomic E-state index is 13.3. The highest BCUT2D eigenvalue weighted by Crippen LogP contribution is 2.40. The van der Waals surface area contributed by atoms with Crippen LogP contribution in [-0.2, 0) is 6.42 Å². The van der Waals surface area contributed by atoms with Crippen LogP contribution in [-0.4, -0.2) is 11.4 Å². The fourth-order valence-electron chi connectivity index (χ4n) is 1.24. The van der Waals surface area contributed by atoms with E-state index in [1.165, 1.54) is 12.1 Å². The van der Waals surface area contributed by atoms with E-state index in [0.29, 0.717) is 24.3 Å². The lowest BCUT2D eigenvalue weighted by Crippen LogP contribution is -2.03. The number of thioether (sulfide) groups is 1. The molecular formula is C10H9ClF4S. The monoisotopic (exact) mass is 272 g/mol. The zero-order valence-electron chi connectivity index (χ0n) is 8.15. The molecule has 1 rings (SSSR count). The highest BCUT2D eigenvalue weighted by molar-refractivity contribution is 8.00. The van der Waals surface area contributed by atoms with Crippen molar-refractivity contribution < 1.29 is 17.6 Å². The van der Waals surface area contributed by atoms with Crippen molar-refractivity contribution in [2.24, 2.45) is 0 Å². The molecule has 0 N–H and O–H groups in total. The van der Waals surface area contributed by atoms with Gasteiger partial charge < -0.3 is 0 Å². The van der Waals surface area contributed by atoms with Gasteiger partial charge in [0.2, 0.25) is 0 Å². The maximum Gasteiger partial charge on any atom is 0.446 e. The molecule has 0 aliphatic carbocycles. The number of hydrogen-bond donors (Lipinski definition) is 0. The Morgan fingerprint density at radius 2 is 1.94 bits per heavy atom. The van der Waals surface area contributed by atoms with Crippen molar-refractivity contribution in [3.05, 3.63) is 29.6 Å². The molecule has 0 bridgehead atoms. The summed E-state index contributed by atoms with van der Waals surface area (Å²) in [5, 5.41) is 0. The average molecular weight is 273 g/mol. The number of hydrogen-bond acceptors (Lipinski definition) is 1. The van der Waals surface area contributed by atoms with Gasteiger partial charge in [-0.1, -0.05) is 12.1 Å². The van der Waals surface area contributed by atoms with E-state index in [1.54, 1.807) is 0 Å². The largest absolute Gasteiger partial charge is 0.446 e. The third kappa shape index (κ3) is 4.22. The Morgan fingerprint density at radius 1 is 1.25 bits per heavy atom. The lowest BCUT2D eigenvalue weighted by Gasteiger charge is -2.11. The van der Waals surface area contributed by atoms with Crippen molar-refractivity contribution in [1.29, 1.82) is 0 Å². The zero-order valence-corrected chi connectivity index (χ0v) is 9.72. The van der Waals surface area contributed by atoms with Gasteiger partial charge in [0.15, 0.2) is 0 Å². The quantitative estimate of drug-likeness (QED) is 0.438. The summed E-state index contributed by atoms with van der Waals surface area (Å²) < 4.78 is 49.8. The van der Waals surface area contributed by atoms with Gasteiger partial charge in [-0.15, -0.1) is 11.6 Å². The van der Waals surface area contributed by atoms with Gasteiger partial charge in [0, 0.05) is 5.88 Å². The SMILES string of the molecule is Fc1cccc(CCCCl)c1SC(F)(F)F. The molecule has 0 saturated heterocycles. The average Bonchev–Trinajstić information content (AvgIpc) is 2.17. The molecule has 1 aromatic rings. The first kappa shape index (κ1) is 13.6. The summed E-state index contributed by atoms with van der Waals surface area (Å²) in [6, 6.07) is 3.92. The number of aryl methyl sites for hydroxylation is 1. The molecule has 0 aliphatic rings. The first-order valence-electron chi connectivity index (χ1n) is 4.53. The maximum absolute atomic E-state index is 13.3. The Morgan fingerprint density at radius 3 is 2.50 bits per heavy atom. The fourth-order valence-corrected chi connectivity index (χ4v) is 2.07. The van der Waals surface area contributed by atoms with E-state index in [4.69, 9.17) is 11.6 Å². The first-order valence-corrected chi connectivity index (χ1v) is 5.88. The van der Waals surface area contributed by atoms with Crippen LogP contribution in [0, 0.1) is 5.82 Å². The summed E-state index contributed by atoms with van der Waals surface area (Å²) >= 11 is 5.04. The molecule has 0 amide bonds. The number of alkyl halides is 4. The summed E-state index contributed by atoms with van der Waals surface area (Å²) in [5.41, 5.74) is -4.12. The smallest absolute Gasteiger partial charge is 0.206 e. The molecule has 0 saturated carbocycles. The van der Waals surface area contributed by atoms with Crippen molar-refractivity contribution >= 4 is 23.4 Å². The summed E-state index contributed by atoms with van der Waals surface area (Å²) in [7, 11) is 0. The fraction of sp³-hybridized carbons (Fsp3) is 0.400. The van der Waals surface area contributed by atoms with Gasteiger partial charge in [-0.2, -0.15) is 13.2 Å². The summed E-state index contributed by atoms with van der Waals surface area (Å²) in [6.45, 7) is 0. The minimum absolute atomic E-state index is 0.340. The molecule has 0 unspecified atom stereocenters. The number of rotatable bonds is 4. The molecule has 0 aliphatic heterocycles. The van der Waals surface area contributed by atoms with Gasteiger partial charge in [-0.25, -0.2) is 4.39 Å². The van der Waals surface area contributed by atoms with Crippen molar-refractivity contribution in [3.63, 3.8) is 0 Å². The lowest BCUT2D eigenvalue weighted by atomic mass is 10.1. The van der Waals surface area contributed by atoms with E-state index in [1.807, 2.05) is 0 Å². The predicted molar refractivity (Wildman–Crippen MR) is 57.4 cm³/mol. The van der Waals surface area contributed by atoms with Gasteiger partial charge in [-0.3, -0.25) is 0 Å². The van der Waals surface area contributed by atoms with Crippen molar-refractivity contribution in [1.82, 2.24) is 0 Å². The molecule has 0 nitrogen and oxygen atoms in total. The molecular weight excluding hydrogens is 264 g/mol. The molecule has 1 aromatic carbocycles. The molecule has 0 atom stereocenters. The standard InChI is InChI=1S/C10H9ClF4S/c11-6-2-4-7-3-1-5-8(12)9(7)16-10(13,14)15/h1,3,5H,2,4,6H2. The van der Waals surface area contributed by atoms with E-state index < -0.39 is 23.1 Å². The molecule has 0 aromatic heterocycles. The number of halogens is 5. The van der Waals surface area contributed by atoms with E-state index in [-0.39, 0.29) is 4.90 Å². The molecule has 6 heteroatoms. The van der Waals surface area contributed by atoms with E-state index in [9.17, 15) is 17.6 Å².